The van der Waals surface area contributed by atoms with Crippen LogP contribution in [0.1, 0.15) is 32.0 Å². The number of nitrogens with zero attached hydrogens (tertiary/aromatic N) is 2. The van der Waals surface area contributed by atoms with Crippen LogP contribution in [0.2, 0.25) is 0 Å². The molecule has 9 nitrogen and oxygen atoms in total. The van der Waals surface area contributed by atoms with Gasteiger partial charge in [0.15, 0.2) is 0 Å². The Labute approximate surface area is 209 Å². The lowest BCUT2D eigenvalue weighted by Gasteiger charge is -2.33. The maximum absolute atomic E-state index is 13.2. The normalized spacial score (nSPS) is 20.2. The number of anilines is 1. The summed E-state index contributed by atoms with van der Waals surface area (Å²) in [6, 6.07) is 8.60. The van der Waals surface area contributed by atoms with E-state index >= 15 is 0 Å². The third-order valence-corrected chi connectivity index (χ3v) is 7.69. The first kappa shape index (κ1) is 24.4. The number of aryl methyl sites for hydroxylation is 1. The van der Waals surface area contributed by atoms with E-state index in [1.807, 2.05) is 6.92 Å². The number of nitrogens with one attached hydrogen (secondary N) is 2. The minimum Gasteiger partial charge on any atom is -0.378 e. The highest BCUT2D eigenvalue weighted by Gasteiger charge is 2.44. The molecular weight excluding hydrogens is 524 g/mol. The first-order chi connectivity index (χ1) is 16.3. The predicted octanol–water partition coefficient (Wildman–Crippen LogP) is 2.26. The quantitative estimate of drug-likeness (QED) is 0.538. The van der Waals surface area contributed by atoms with E-state index in [1.54, 1.807) is 40.1 Å². The second-order valence-corrected chi connectivity index (χ2v) is 10.8. The monoisotopic (exact) mass is 548 g/mol. The van der Waals surface area contributed by atoms with Crippen molar-refractivity contribution in [2.24, 2.45) is 0 Å². The number of piperazine rings is 1. The number of thiophene rings is 1. The van der Waals surface area contributed by atoms with E-state index in [2.05, 4.69) is 26.6 Å². The number of ether oxygens (including phenoxy) is 1. The van der Waals surface area contributed by atoms with Crippen LogP contribution in [0.15, 0.2) is 34.1 Å². The van der Waals surface area contributed by atoms with Crippen molar-refractivity contribution in [3.8, 4) is 0 Å². The molecule has 34 heavy (non-hydrogen) atoms. The van der Waals surface area contributed by atoms with Crippen LogP contribution in [0.3, 0.4) is 0 Å². The number of halogens is 1. The number of carbonyl (C=O) groups is 4. The van der Waals surface area contributed by atoms with Gasteiger partial charge < -0.3 is 25.2 Å². The molecule has 2 saturated heterocycles. The highest BCUT2D eigenvalue weighted by molar-refractivity contribution is 9.11. The van der Waals surface area contributed by atoms with Gasteiger partial charge in [-0.05, 0) is 58.7 Å². The van der Waals surface area contributed by atoms with E-state index in [0.717, 1.165) is 15.8 Å². The minimum atomic E-state index is -1.17. The molecule has 0 bridgehead atoms. The zero-order valence-corrected chi connectivity index (χ0v) is 21.0. The van der Waals surface area contributed by atoms with Gasteiger partial charge in [-0.2, -0.15) is 0 Å². The summed E-state index contributed by atoms with van der Waals surface area (Å²) in [5.74, 6) is -0.795. The van der Waals surface area contributed by atoms with Crippen molar-refractivity contribution < 1.29 is 23.9 Å². The van der Waals surface area contributed by atoms with Gasteiger partial charge in [-0.3, -0.25) is 19.2 Å². The maximum atomic E-state index is 13.2. The third-order valence-electron chi connectivity index (χ3n) is 6.07. The van der Waals surface area contributed by atoms with Crippen molar-refractivity contribution in [1.29, 1.82) is 0 Å². The summed E-state index contributed by atoms with van der Waals surface area (Å²) in [5, 5.41) is 5.74. The molecule has 1 aromatic heterocycles. The lowest BCUT2D eigenvalue weighted by atomic mass is 9.96. The Hall–Kier alpha value is -2.76. The molecule has 2 aromatic rings. The topological polar surface area (TPSA) is 108 Å². The van der Waals surface area contributed by atoms with E-state index in [4.69, 9.17) is 4.74 Å². The van der Waals surface area contributed by atoms with Crippen LogP contribution >= 0.6 is 27.3 Å². The fourth-order valence-electron chi connectivity index (χ4n) is 4.05. The Morgan fingerprint density at radius 2 is 1.91 bits per heavy atom. The van der Waals surface area contributed by atoms with Crippen LogP contribution in [-0.4, -0.2) is 78.9 Å². The van der Waals surface area contributed by atoms with E-state index in [9.17, 15) is 19.2 Å². The van der Waals surface area contributed by atoms with E-state index < -0.39 is 5.54 Å². The smallest absolute Gasteiger partial charge is 0.262 e. The molecule has 1 unspecified atom stereocenters. The minimum absolute atomic E-state index is 0.0828. The summed E-state index contributed by atoms with van der Waals surface area (Å²) < 4.78 is 6.29. The molecule has 4 rings (SSSR count). The Kier molecular flexibility index (Phi) is 7.34. The largest absolute Gasteiger partial charge is 0.378 e. The summed E-state index contributed by atoms with van der Waals surface area (Å²) in [5.41, 5.74) is 0.635. The SMILES string of the molecule is Cc1cc(NC(=O)C2(NC(=O)c3ccc(Br)s3)CCOC2)ccc1C(=O)N1CCN(C=O)CC1. The van der Waals surface area contributed by atoms with E-state index in [1.165, 1.54) is 11.3 Å². The van der Waals surface area contributed by atoms with Gasteiger partial charge in [0.05, 0.1) is 15.3 Å². The van der Waals surface area contributed by atoms with Gasteiger partial charge in [0.1, 0.15) is 5.54 Å². The standard InChI is InChI=1S/C23H25BrN4O5S/c1-15-12-16(2-3-17(15)21(31)28-9-7-27(14-29)8-10-28)25-22(32)23(6-11-33-13-23)26-20(30)18-4-5-19(24)34-18/h2-5,12,14H,6-11,13H2,1H3,(H,25,32)(H,26,30). The number of rotatable bonds is 6. The van der Waals surface area contributed by atoms with Crippen LogP contribution in [-0.2, 0) is 14.3 Å². The van der Waals surface area contributed by atoms with E-state index in [0.29, 0.717) is 55.3 Å². The zero-order valence-electron chi connectivity index (χ0n) is 18.6. The first-order valence-electron chi connectivity index (χ1n) is 10.9. The van der Waals surface area contributed by atoms with Crippen LogP contribution < -0.4 is 10.6 Å². The van der Waals surface area contributed by atoms with Gasteiger partial charge in [-0.25, -0.2) is 0 Å². The molecule has 0 saturated carbocycles. The predicted molar refractivity (Wildman–Crippen MR) is 131 cm³/mol. The molecule has 2 aliphatic heterocycles. The molecule has 180 valence electrons. The van der Waals surface area contributed by atoms with Crippen LogP contribution in [0.5, 0.6) is 0 Å². The van der Waals surface area contributed by atoms with Crippen LogP contribution in [0.25, 0.3) is 0 Å². The van der Waals surface area contributed by atoms with Crippen molar-refractivity contribution in [2.45, 2.75) is 18.9 Å². The number of amides is 4. The Balaban J connectivity index is 1.44. The average molecular weight is 549 g/mol. The summed E-state index contributed by atoms with van der Waals surface area (Å²) in [7, 11) is 0. The molecule has 11 heteroatoms. The van der Waals surface area contributed by atoms with Crippen molar-refractivity contribution in [3.63, 3.8) is 0 Å². The number of hydrogen-bond acceptors (Lipinski definition) is 6. The summed E-state index contributed by atoms with van der Waals surface area (Å²) in [6.45, 7) is 4.26. The van der Waals surface area contributed by atoms with Crippen molar-refractivity contribution >= 4 is 57.1 Å². The molecule has 0 spiro atoms. The van der Waals surface area contributed by atoms with Gasteiger partial charge in [0, 0.05) is 50.5 Å². The lowest BCUT2D eigenvalue weighted by molar-refractivity contribution is -0.122. The Bertz CT molecular complexity index is 1110. The second-order valence-electron chi connectivity index (χ2n) is 8.36. The van der Waals surface area contributed by atoms with Gasteiger partial charge in [-0.1, -0.05) is 0 Å². The Morgan fingerprint density at radius 1 is 1.15 bits per heavy atom. The molecule has 4 amide bonds. The molecule has 2 N–H and O–H groups in total. The summed E-state index contributed by atoms with van der Waals surface area (Å²) in [4.78, 5) is 53.6. The molecule has 2 aliphatic rings. The van der Waals surface area contributed by atoms with Gasteiger partial charge in [0.2, 0.25) is 6.41 Å². The highest BCUT2D eigenvalue weighted by Crippen LogP contribution is 2.26. The third kappa shape index (κ3) is 5.16. The Morgan fingerprint density at radius 3 is 2.50 bits per heavy atom. The van der Waals surface area contributed by atoms with E-state index in [-0.39, 0.29) is 24.3 Å². The fraction of sp³-hybridized carbons (Fsp3) is 0.391. The van der Waals surface area contributed by atoms with Crippen LogP contribution in [0.4, 0.5) is 5.69 Å². The van der Waals surface area contributed by atoms with Crippen molar-refractivity contribution in [1.82, 2.24) is 15.1 Å². The molecule has 0 radical (unpaired) electrons. The molecule has 1 aromatic carbocycles. The molecule has 1 atom stereocenters. The van der Waals surface area contributed by atoms with Crippen molar-refractivity contribution in [3.05, 3.63) is 50.1 Å². The number of carbonyl (C=O) groups excluding carboxylic acids is 4. The summed E-state index contributed by atoms with van der Waals surface area (Å²) >= 11 is 4.63. The highest BCUT2D eigenvalue weighted by atomic mass is 79.9. The van der Waals surface area contributed by atoms with Crippen LogP contribution in [0, 0.1) is 6.92 Å². The maximum Gasteiger partial charge on any atom is 0.262 e. The van der Waals surface area contributed by atoms with Gasteiger partial charge >= 0.3 is 0 Å². The second kappa shape index (κ2) is 10.2. The zero-order chi connectivity index (χ0) is 24.3. The lowest BCUT2D eigenvalue weighted by Crippen LogP contribution is -2.57. The number of hydrogen-bond donors (Lipinski definition) is 2. The molecule has 2 fully saturated rings. The van der Waals surface area contributed by atoms with Gasteiger partial charge in [0.25, 0.3) is 17.7 Å². The average Bonchev–Trinajstić information content (AvgIpc) is 3.49. The first-order valence-corrected chi connectivity index (χ1v) is 12.5. The molecular formula is C23H25BrN4O5S. The summed E-state index contributed by atoms with van der Waals surface area (Å²) in [6.07, 6.45) is 1.16. The molecule has 3 heterocycles. The van der Waals surface area contributed by atoms with Gasteiger partial charge in [-0.15, -0.1) is 11.3 Å². The molecule has 0 aliphatic carbocycles. The fourth-order valence-corrected chi connectivity index (χ4v) is 5.33. The van der Waals surface area contributed by atoms with Crippen molar-refractivity contribution in [2.75, 3.05) is 44.7 Å². The number of benzene rings is 1.